The van der Waals surface area contributed by atoms with Gasteiger partial charge in [-0.3, -0.25) is 4.21 Å². The van der Waals surface area contributed by atoms with Crippen molar-refractivity contribution in [3.63, 3.8) is 0 Å². The first-order valence-corrected chi connectivity index (χ1v) is 8.72. The molecule has 3 rings (SSSR count). The summed E-state index contributed by atoms with van der Waals surface area (Å²) in [5.74, 6) is -0.548. The Bertz CT molecular complexity index is 972. The lowest BCUT2D eigenvalue weighted by Gasteiger charge is -2.11. The molecule has 0 saturated heterocycles. The number of pyridine rings is 1. The minimum Gasteiger partial charge on any atom is -0.464 e. The first kappa shape index (κ1) is 16.2. The second-order valence-corrected chi connectivity index (χ2v) is 6.48. The fourth-order valence-electron chi connectivity index (χ4n) is 2.42. The molecule has 7 heteroatoms. The highest BCUT2D eigenvalue weighted by Crippen LogP contribution is 2.29. The largest absolute Gasteiger partial charge is 0.464 e. The number of benzene rings is 1. The molecule has 1 unspecified atom stereocenters. The molecule has 0 spiro atoms. The van der Waals surface area contributed by atoms with E-state index in [1.54, 1.807) is 12.3 Å². The monoisotopic (exact) mass is 341 g/mol. The molecule has 0 aliphatic rings. The molecule has 0 N–H and O–H groups in total. The number of hydrogen-bond donors (Lipinski definition) is 0. The van der Waals surface area contributed by atoms with E-state index in [4.69, 9.17) is 4.74 Å². The molecule has 0 fully saturated rings. The van der Waals surface area contributed by atoms with Crippen LogP contribution in [0.4, 0.5) is 0 Å². The summed E-state index contributed by atoms with van der Waals surface area (Å²) in [6, 6.07) is 9.51. The number of esters is 1. The van der Waals surface area contributed by atoms with Crippen molar-refractivity contribution in [2.24, 2.45) is 0 Å². The van der Waals surface area contributed by atoms with Gasteiger partial charge in [-0.1, -0.05) is 24.3 Å². The summed E-state index contributed by atoms with van der Waals surface area (Å²) in [6.07, 6.45) is 3.05. The summed E-state index contributed by atoms with van der Waals surface area (Å²) in [4.78, 5) is 24.8. The summed E-state index contributed by atoms with van der Waals surface area (Å²) >= 11 is 0. The van der Waals surface area contributed by atoms with Gasteiger partial charge in [-0.05, 0) is 24.1 Å². The SMILES string of the molecule is COC(=O)c1nc2nc(S(C)=O)ncc2cc1-c1ccccc1C. The number of fused-ring (bicyclic) bond motifs is 1. The van der Waals surface area contributed by atoms with E-state index in [0.29, 0.717) is 16.6 Å². The fraction of sp³-hybridized carbons (Fsp3) is 0.176. The third-order valence-corrected chi connectivity index (χ3v) is 4.33. The van der Waals surface area contributed by atoms with Gasteiger partial charge in [-0.15, -0.1) is 0 Å². The van der Waals surface area contributed by atoms with E-state index in [9.17, 15) is 9.00 Å². The predicted octanol–water partition coefficient (Wildman–Crippen LogP) is 2.52. The molecule has 0 saturated carbocycles. The van der Waals surface area contributed by atoms with Gasteiger partial charge >= 0.3 is 5.97 Å². The van der Waals surface area contributed by atoms with E-state index in [0.717, 1.165) is 11.1 Å². The standard InChI is InChI=1S/C17H15N3O3S/c1-10-6-4-5-7-12(10)13-8-11-9-18-17(24(3)22)20-15(11)19-14(13)16(21)23-2/h4-9H,1-3H3. The summed E-state index contributed by atoms with van der Waals surface area (Å²) in [6.45, 7) is 1.96. The maximum atomic E-state index is 12.2. The molecule has 0 amide bonds. The van der Waals surface area contributed by atoms with E-state index in [2.05, 4.69) is 15.0 Å². The van der Waals surface area contributed by atoms with Gasteiger partial charge in [0.1, 0.15) is 0 Å². The lowest BCUT2D eigenvalue weighted by Crippen LogP contribution is -2.09. The normalized spacial score (nSPS) is 12.1. The first-order chi connectivity index (χ1) is 11.5. The van der Waals surface area contributed by atoms with Gasteiger partial charge < -0.3 is 4.74 Å². The third-order valence-electron chi connectivity index (χ3n) is 3.62. The van der Waals surface area contributed by atoms with Crippen LogP contribution in [0.2, 0.25) is 0 Å². The van der Waals surface area contributed by atoms with Gasteiger partial charge in [-0.25, -0.2) is 19.7 Å². The van der Waals surface area contributed by atoms with Crippen LogP contribution in [0.25, 0.3) is 22.2 Å². The van der Waals surface area contributed by atoms with Crippen molar-refractivity contribution in [3.8, 4) is 11.1 Å². The van der Waals surface area contributed by atoms with Crippen LogP contribution in [0.15, 0.2) is 41.7 Å². The maximum absolute atomic E-state index is 12.2. The zero-order valence-corrected chi connectivity index (χ0v) is 14.3. The van der Waals surface area contributed by atoms with Crippen molar-refractivity contribution in [1.82, 2.24) is 15.0 Å². The molecular formula is C17H15N3O3S. The molecule has 3 aromatic rings. The van der Waals surface area contributed by atoms with E-state index >= 15 is 0 Å². The molecule has 6 nitrogen and oxygen atoms in total. The summed E-state index contributed by atoms with van der Waals surface area (Å²) in [5.41, 5.74) is 3.03. The average Bonchev–Trinajstić information content (AvgIpc) is 2.59. The Balaban J connectivity index is 2.32. The number of carbonyl (C=O) groups is 1. The Morgan fingerprint density at radius 1 is 1.17 bits per heavy atom. The van der Waals surface area contributed by atoms with E-state index in [-0.39, 0.29) is 10.9 Å². The number of aromatic nitrogens is 3. The van der Waals surface area contributed by atoms with Gasteiger partial charge in [-0.2, -0.15) is 0 Å². The third kappa shape index (κ3) is 2.90. The van der Waals surface area contributed by atoms with Gasteiger partial charge in [0.05, 0.1) is 17.9 Å². The van der Waals surface area contributed by atoms with Crippen molar-refractivity contribution < 1.29 is 13.7 Å². The zero-order chi connectivity index (χ0) is 17.3. The summed E-state index contributed by atoms with van der Waals surface area (Å²) in [7, 11) is -0.0196. The van der Waals surface area contributed by atoms with Crippen molar-refractivity contribution >= 4 is 27.8 Å². The lowest BCUT2D eigenvalue weighted by atomic mass is 9.98. The average molecular weight is 341 g/mol. The van der Waals surface area contributed by atoms with Crippen LogP contribution < -0.4 is 0 Å². The molecule has 24 heavy (non-hydrogen) atoms. The Kier molecular flexibility index (Phi) is 4.35. The minimum absolute atomic E-state index is 0.172. The van der Waals surface area contributed by atoms with E-state index in [1.807, 2.05) is 31.2 Å². The van der Waals surface area contributed by atoms with Crippen LogP contribution in [0.3, 0.4) is 0 Å². The van der Waals surface area contributed by atoms with Gasteiger partial charge in [0, 0.05) is 23.4 Å². The molecular weight excluding hydrogens is 326 g/mol. The second kappa shape index (κ2) is 6.45. The first-order valence-electron chi connectivity index (χ1n) is 7.17. The van der Waals surface area contributed by atoms with Crippen molar-refractivity contribution in [2.45, 2.75) is 12.1 Å². The van der Waals surface area contributed by atoms with Crippen LogP contribution in [-0.4, -0.2) is 38.5 Å². The Morgan fingerprint density at radius 2 is 1.92 bits per heavy atom. The molecule has 0 radical (unpaired) electrons. The highest BCUT2D eigenvalue weighted by Gasteiger charge is 2.19. The quantitative estimate of drug-likeness (QED) is 0.538. The predicted molar refractivity (Wildman–Crippen MR) is 91.2 cm³/mol. The molecule has 0 bridgehead atoms. The minimum atomic E-state index is -1.33. The van der Waals surface area contributed by atoms with Gasteiger partial charge in [0.25, 0.3) is 0 Å². The highest BCUT2D eigenvalue weighted by molar-refractivity contribution is 7.84. The van der Waals surface area contributed by atoms with Crippen LogP contribution in [0.5, 0.6) is 0 Å². The summed E-state index contributed by atoms with van der Waals surface area (Å²) < 4.78 is 16.4. The van der Waals surface area contributed by atoms with Gasteiger partial charge in [0.15, 0.2) is 11.3 Å². The smallest absolute Gasteiger partial charge is 0.357 e. The summed E-state index contributed by atoms with van der Waals surface area (Å²) in [5, 5.41) is 0.838. The van der Waals surface area contributed by atoms with Crippen LogP contribution in [-0.2, 0) is 15.5 Å². The molecule has 122 valence electrons. The zero-order valence-electron chi connectivity index (χ0n) is 13.4. The molecule has 2 aromatic heterocycles. The Labute approximate surface area is 141 Å². The number of nitrogens with zero attached hydrogens (tertiary/aromatic N) is 3. The fourth-order valence-corrected chi connectivity index (χ4v) is 2.84. The van der Waals surface area contributed by atoms with Crippen molar-refractivity contribution in [3.05, 3.63) is 47.8 Å². The lowest BCUT2D eigenvalue weighted by molar-refractivity contribution is 0.0595. The topological polar surface area (TPSA) is 82.0 Å². The highest BCUT2D eigenvalue weighted by atomic mass is 32.2. The Morgan fingerprint density at radius 3 is 2.58 bits per heavy atom. The molecule has 2 heterocycles. The molecule has 1 atom stereocenters. The van der Waals surface area contributed by atoms with Crippen LogP contribution in [0, 0.1) is 6.92 Å². The van der Waals surface area contributed by atoms with E-state index < -0.39 is 16.8 Å². The van der Waals surface area contributed by atoms with Crippen LogP contribution in [0.1, 0.15) is 16.1 Å². The van der Waals surface area contributed by atoms with Crippen LogP contribution >= 0.6 is 0 Å². The molecule has 1 aromatic carbocycles. The van der Waals surface area contributed by atoms with E-state index in [1.165, 1.54) is 13.4 Å². The number of methoxy groups -OCH3 is 1. The maximum Gasteiger partial charge on any atom is 0.357 e. The number of hydrogen-bond acceptors (Lipinski definition) is 6. The molecule has 0 aliphatic carbocycles. The van der Waals surface area contributed by atoms with Crippen molar-refractivity contribution in [2.75, 3.05) is 13.4 Å². The second-order valence-electron chi connectivity index (χ2n) is 5.21. The number of ether oxygens (including phenoxy) is 1. The Hall–Kier alpha value is -2.67. The molecule has 0 aliphatic heterocycles. The number of carbonyl (C=O) groups excluding carboxylic acids is 1. The van der Waals surface area contributed by atoms with Gasteiger partial charge in [0.2, 0.25) is 5.16 Å². The van der Waals surface area contributed by atoms with Crippen molar-refractivity contribution in [1.29, 1.82) is 0 Å². The number of rotatable bonds is 3. The number of aryl methyl sites for hydroxylation is 1.